The monoisotopic (exact) mass is 1090 g/mol. The number of nitrogens with zero attached hydrogens (tertiary/aromatic N) is 1. The van der Waals surface area contributed by atoms with Crippen molar-refractivity contribution in [2.45, 2.75) is 125 Å². The van der Waals surface area contributed by atoms with E-state index in [1.54, 1.807) is 12.1 Å². The van der Waals surface area contributed by atoms with Crippen molar-refractivity contribution in [2.24, 2.45) is 23.3 Å². The van der Waals surface area contributed by atoms with Gasteiger partial charge < -0.3 is 80.6 Å². The van der Waals surface area contributed by atoms with Gasteiger partial charge in [-0.3, -0.25) is 30.8 Å². The van der Waals surface area contributed by atoms with Crippen molar-refractivity contribution in [3.63, 3.8) is 0 Å². The SMILES string of the molecule is NC1=C2C(=CCN1)[C@H](CO[C@@H]1[C@H]3Oc4c(cc5c(c4OC[C@H](O)CC=O)C(=O)c4cc(CO)ccc4C5=O)[C@H](c4ccccc4N4CN[C@@H]5C(=O)N[C@@H](N)N[C@H]54)[C@@H](CCCO)COC[C@H](O3)[C@H](O)[C@H]1O)C=C[C@H]2NC1CCCC1. The third-order valence-electron chi connectivity index (χ3n) is 16.7. The summed E-state index contributed by atoms with van der Waals surface area (Å²) in [4.78, 5) is 57.5. The molecule has 79 heavy (non-hydrogen) atoms. The fourth-order valence-corrected chi connectivity index (χ4v) is 12.8. The molecule has 13 atom stereocenters. The molecule has 1 amide bonds. The Morgan fingerprint density at radius 3 is 2.58 bits per heavy atom. The van der Waals surface area contributed by atoms with Gasteiger partial charge in [-0.25, -0.2) is 0 Å². The first-order valence-electron chi connectivity index (χ1n) is 27.4. The number of fused-ring (bicyclic) bond motifs is 7. The zero-order valence-electron chi connectivity index (χ0n) is 43.6. The molecule has 3 aliphatic carbocycles. The van der Waals surface area contributed by atoms with Gasteiger partial charge >= 0.3 is 0 Å². The number of aliphatic hydroxyl groups excluding tert-OH is 5. The van der Waals surface area contributed by atoms with E-state index in [2.05, 4.69) is 38.7 Å². The number of benzene rings is 3. The van der Waals surface area contributed by atoms with Crippen LogP contribution in [-0.2, 0) is 30.4 Å². The van der Waals surface area contributed by atoms with E-state index in [4.69, 9.17) is 35.2 Å². The summed E-state index contributed by atoms with van der Waals surface area (Å²) >= 11 is 0. The number of hydrogen-bond acceptors (Lipinski definition) is 21. The maximum atomic E-state index is 15.3. The number of anilines is 1. The van der Waals surface area contributed by atoms with Crippen molar-refractivity contribution in [1.29, 1.82) is 0 Å². The lowest BCUT2D eigenvalue weighted by Gasteiger charge is -2.43. The highest BCUT2D eigenvalue weighted by atomic mass is 16.7. The number of aldehydes is 1. The maximum Gasteiger partial charge on any atom is 0.242 e. The van der Waals surface area contributed by atoms with Crippen molar-refractivity contribution in [1.82, 2.24) is 26.6 Å². The number of para-hydroxylation sites is 1. The van der Waals surface area contributed by atoms with Crippen LogP contribution in [-0.4, -0.2) is 163 Å². The molecule has 4 fully saturated rings. The summed E-state index contributed by atoms with van der Waals surface area (Å²) in [6.07, 6.45) is 0.958. The number of hydrogen-bond donors (Lipinski definition) is 12. The van der Waals surface area contributed by atoms with Crippen LogP contribution in [0.1, 0.15) is 99.4 Å². The molecule has 3 saturated heterocycles. The largest absolute Gasteiger partial charge is 0.486 e. The minimum atomic E-state index is -1.66. The Morgan fingerprint density at radius 1 is 0.962 bits per heavy atom. The molecule has 5 aliphatic heterocycles. The lowest BCUT2D eigenvalue weighted by molar-refractivity contribution is -0.290. The van der Waals surface area contributed by atoms with Crippen molar-refractivity contribution < 1.29 is 68.4 Å². The van der Waals surface area contributed by atoms with Crippen LogP contribution in [0.4, 0.5) is 5.69 Å². The standard InChI is InChI=1S/C57H70N8O14/c58-53-43-33(15-17-60-53)29(12-14-39(43)62-31-7-1-2-8-31)24-76-52-49(73)48(72)41-26-75-23-30(6-5-18-66)42(35-9-3-4-10-40(35)65-27-61-45-54(65)63-57(59)64-55(45)74)38-21-37-44(47(71)36-20-28(22-68)11-13-34(36)46(37)70)51(50(38)79-56(52)78-41)77-25-32(69)16-19-67/h3-4,9-15,19-21,29-32,39,41-42,45,48-49,52,54,56-57,60-63,66,68-69,72-73H,1-2,5-8,16-18,22-27,58-59H2,(H,64,74)/t29-,30-,32+,39+,41-,42-,45-,48-,49+,52-,54-,56+,57-/m0/s1. The van der Waals surface area contributed by atoms with Gasteiger partial charge in [0.05, 0.1) is 50.8 Å². The molecular weight excluding hydrogens is 1020 g/mol. The van der Waals surface area contributed by atoms with Crippen LogP contribution in [0.25, 0.3) is 0 Å². The number of amides is 1. The number of aliphatic hydroxyl groups is 5. The topological polar surface area (TPSA) is 331 Å². The summed E-state index contributed by atoms with van der Waals surface area (Å²) in [5, 5.41) is 72.4. The second-order valence-electron chi connectivity index (χ2n) is 21.6. The first kappa shape index (κ1) is 54.8. The van der Waals surface area contributed by atoms with Crippen molar-refractivity contribution in [3.8, 4) is 11.5 Å². The van der Waals surface area contributed by atoms with E-state index in [1.165, 1.54) is 12.1 Å². The van der Waals surface area contributed by atoms with Gasteiger partial charge in [0.1, 0.15) is 61.6 Å². The molecule has 3 aromatic carbocycles. The first-order valence-corrected chi connectivity index (χ1v) is 27.4. The van der Waals surface area contributed by atoms with Gasteiger partial charge in [-0.05, 0) is 72.6 Å². The summed E-state index contributed by atoms with van der Waals surface area (Å²) in [5.74, 6) is -3.29. The molecule has 0 spiro atoms. The summed E-state index contributed by atoms with van der Waals surface area (Å²) < 4.78 is 33.7. The molecule has 5 heterocycles. The van der Waals surface area contributed by atoms with Crippen LogP contribution in [0.15, 0.2) is 83.7 Å². The average Bonchev–Trinajstić information content (AvgIpc) is 4.24. The zero-order chi connectivity index (χ0) is 55.1. The third kappa shape index (κ3) is 10.6. The van der Waals surface area contributed by atoms with Crippen LogP contribution in [0.2, 0.25) is 0 Å². The number of nitrogens with one attached hydrogen (secondary N) is 5. The van der Waals surface area contributed by atoms with Crippen LogP contribution >= 0.6 is 0 Å². The van der Waals surface area contributed by atoms with E-state index in [9.17, 15) is 35.1 Å². The fraction of sp³-hybridized carbons (Fsp3) is 0.509. The lowest BCUT2D eigenvalue weighted by atomic mass is 9.74. The predicted octanol–water partition coefficient (Wildman–Crippen LogP) is -0.145. The maximum absolute atomic E-state index is 15.3. The van der Waals surface area contributed by atoms with Crippen molar-refractivity contribution in [3.05, 3.63) is 123 Å². The minimum Gasteiger partial charge on any atom is -0.486 e. The number of nitrogens with two attached hydrogens (primary N) is 2. The smallest absolute Gasteiger partial charge is 0.242 e. The Morgan fingerprint density at radius 2 is 1.78 bits per heavy atom. The number of carbonyl (C=O) groups is 4. The number of dihydropyridines is 1. The summed E-state index contributed by atoms with van der Waals surface area (Å²) in [5.41, 5.74) is 16.4. The van der Waals surface area contributed by atoms with Gasteiger partial charge in [-0.2, -0.15) is 0 Å². The molecule has 0 radical (unpaired) electrons. The van der Waals surface area contributed by atoms with E-state index >= 15 is 9.59 Å². The van der Waals surface area contributed by atoms with Gasteiger partial charge in [-0.15, -0.1) is 0 Å². The van der Waals surface area contributed by atoms with Gasteiger partial charge in [0, 0.05) is 71.0 Å². The zero-order valence-corrected chi connectivity index (χ0v) is 43.6. The Labute approximate surface area is 456 Å². The molecule has 14 N–H and O–H groups in total. The quantitative estimate of drug-likeness (QED) is 0.0513. The number of rotatable bonds is 16. The molecule has 422 valence electrons. The highest BCUT2D eigenvalue weighted by Crippen LogP contribution is 2.52. The van der Waals surface area contributed by atoms with Crippen LogP contribution < -0.4 is 52.4 Å². The molecule has 8 aliphatic rings. The molecule has 22 nitrogen and oxygen atoms in total. The van der Waals surface area contributed by atoms with Crippen LogP contribution in [0, 0.1) is 11.8 Å². The van der Waals surface area contributed by atoms with Gasteiger partial charge in [-0.1, -0.05) is 55.3 Å². The van der Waals surface area contributed by atoms with Crippen molar-refractivity contribution in [2.75, 3.05) is 51.1 Å². The molecule has 11 rings (SSSR count). The molecule has 2 bridgehead atoms. The highest BCUT2D eigenvalue weighted by Gasteiger charge is 2.51. The van der Waals surface area contributed by atoms with E-state index in [-0.39, 0.29) is 103 Å². The second kappa shape index (κ2) is 23.5. The predicted molar refractivity (Wildman–Crippen MR) is 284 cm³/mol. The van der Waals surface area contributed by atoms with Gasteiger partial charge in [0.2, 0.25) is 12.2 Å². The van der Waals surface area contributed by atoms with Gasteiger partial charge in [0.15, 0.2) is 23.1 Å². The second-order valence-corrected chi connectivity index (χ2v) is 21.6. The number of ketones is 2. The van der Waals surface area contributed by atoms with E-state index in [1.807, 2.05) is 35.2 Å². The van der Waals surface area contributed by atoms with Crippen LogP contribution in [0.3, 0.4) is 0 Å². The normalized spacial score (nSPS) is 30.8. The molecule has 22 heteroatoms. The summed E-state index contributed by atoms with van der Waals surface area (Å²) in [7, 11) is 0. The summed E-state index contributed by atoms with van der Waals surface area (Å²) in [6, 6.07) is 13.0. The molecule has 3 aromatic rings. The van der Waals surface area contributed by atoms with E-state index in [0.717, 1.165) is 36.8 Å². The number of carbonyl (C=O) groups excluding carboxylic acids is 4. The molecule has 1 saturated carbocycles. The van der Waals surface area contributed by atoms with Crippen LogP contribution in [0.5, 0.6) is 11.5 Å². The Bertz CT molecular complexity index is 2910. The Kier molecular flexibility index (Phi) is 16.3. The first-order chi connectivity index (χ1) is 38.4. The van der Waals surface area contributed by atoms with E-state index in [0.29, 0.717) is 47.9 Å². The molecular formula is C57H70N8O14. The third-order valence-corrected chi connectivity index (χ3v) is 16.7. The molecule has 0 aromatic heterocycles. The number of ether oxygens (including phenoxy) is 5. The average molecular weight is 1090 g/mol. The van der Waals surface area contributed by atoms with Gasteiger partial charge in [0.25, 0.3) is 0 Å². The minimum absolute atomic E-state index is 0.0235. The highest BCUT2D eigenvalue weighted by molar-refractivity contribution is 6.29. The van der Waals surface area contributed by atoms with E-state index < -0.39 is 91.9 Å². The van der Waals surface area contributed by atoms with Crippen molar-refractivity contribution >= 4 is 29.4 Å². The lowest BCUT2D eigenvalue weighted by Crippen LogP contribution is -2.70. The Hall–Kier alpha value is -6.12. The summed E-state index contributed by atoms with van der Waals surface area (Å²) in [6.45, 7) is -0.856. The fourth-order valence-electron chi connectivity index (χ4n) is 12.8. The molecule has 0 unspecified atom stereocenters. The Balaban J connectivity index is 1.08.